The smallest absolute Gasteiger partial charge is 0.267 e. The van der Waals surface area contributed by atoms with Gasteiger partial charge in [-0.05, 0) is 31.0 Å². The van der Waals surface area contributed by atoms with Gasteiger partial charge in [-0.3, -0.25) is 14.9 Å². The number of benzene rings is 1. The highest BCUT2D eigenvalue weighted by molar-refractivity contribution is 7.15. The molecule has 3 aromatic rings. The summed E-state index contributed by atoms with van der Waals surface area (Å²) in [5.41, 5.74) is 1.04. The Hall–Kier alpha value is -2.58. The predicted octanol–water partition coefficient (Wildman–Crippen LogP) is 2.93. The fourth-order valence-electron chi connectivity index (χ4n) is 2.41. The van der Waals surface area contributed by atoms with Crippen LogP contribution in [0.1, 0.15) is 23.8 Å². The van der Waals surface area contributed by atoms with Crippen LogP contribution in [0.15, 0.2) is 41.2 Å². The van der Waals surface area contributed by atoms with Crippen LogP contribution in [-0.2, 0) is 11.3 Å². The first-order valence-electron chi connectivity index (χ1n) is 8.06. The number of hydrogen-bond donors (Lipinski definition) is 1. The topological polar surface area (TPSA) is 89.8 Å². The van der Waals surface area contributed by atoms with E-state index in [-0.39, 0.29) is 18.0 Å². The van der Waals surface area contributed by atoms with Crippen molar-refractivity contribution in [2.75, 3.05) is 5.32 Å². The molecule has 1 fully saturated rings. The number of halogens is 1. The van der Waals surface area contributed by atoms with Crippen molar-refractivity contribution < 1.29 is 4.79 Å². The summed E-state index contributed by atoms with van der Waals surface area (Å²) in [4.78, 5) is 24.3. The third kappa shape index (κ3) is 3.81. The Morgan fingerprint density at radius 3 is 2.69 bits per heavy atom. The van der Waals surface area contributed by atoms with Gasteiger partial charge in [0.15, 0.2) is 0 Å². The Labute approximate surface area is 157 Å². The van der Waals surface area contributed by atoms with Crippen molar-refractivity contribution in [3.63, 3.8) is 0 Å². The maximum Gasteiger partial charge on any atom is 0.267 e. The van der Waals surface area contributed by atoms with E-state index < -0.39 is 0 Å². The van der Waals surface area contributed by atoms with Crippen LogP contribution in [0.25, 0.3) is 11.3 Å². The molecule has 1 N–H and O–H groups in total. The van der Waals surface area contributed by atoms with E-state index in [4.69, 9.17) is 11.6 Å². The largest absolute Gasteiger partial charge is 0.299 e. The van der Waals surface area contributed by atoms with Crippen molar-refractivity contribution in [1.82, 2.24) is 20.0 Å². The van der Waals surface area contributed by atoms with Gasteiger partial charge in [0.25, 0.3) is 5.56 Å². The Morgan fingerprint density at radius 2 is 1.96 bits per heavy atom. The SMILES string of the molecule is O=C(Cn1nc(-c2ccc(Cl)cc2)ccc1=O)Nc1nnc(C2CC2)s1. The maximum absolute atomic E-state index is 12.2. The Bertz CT molecular complexity index is 1010. The molecule has 1 amide bonds. The summed E-state index contributed by atoms with van der Waals surface area (Å²) in [5, 5.41) is 17.0. The number of carbonyl (C=O) groups excluding carboxylic acids is 1. The molecular weight excluding hydrogens is 374 g/mol. The Balaban J connectivity index is 1.49. The minimum Gasteiger partial charge on any atom is -0.299 e. The lowest BCUT2D eigenvalue weighted by molar-refractivity contribution is -0.117. The highest BCUT2D eigenvalue weighted by Crippen LogP contribution is 2.42. The fraction of sp³-hybridized carbons (Fsp3) is 0.235. The first kappa shape index (κ1) is 16.9. The first-order chi connectivity index (χ1) is 12.6. The Kier molecular flexibility index (Phi) is 4.52. The lowest BCUT2D eigenvalue weighted by Gasteiger charge is -2.07. The van der Waals surface area contributed by atoms with Crippen molar-refractivity contribution >= 4 is 34.0 Å². The van der Waals surface area contributed by atoms with Gasteiger partial charge in [0.2, 0.25) is 11.0 Å². The van der Waals surface area contributed by atoms with Gasteiger partial charge >= 0.3 is 0 Å². The highest BCUT2D eigenvalue weighted by Gasteiger charge is 2.27. The molecule has 2 aromatic heterocycles. The maximum atomic E-state index is 12.2. The van der Waals surface area contributed by atoms with E-state index in [0.29, 0.717) is 21.8 Å². The van der Waals surface area contributed by atoms with Gasteiger partial charge in [-0.1, -0.05) is 35.1 Å². The summed E-state index contributed by atoms with van der Waals surface area (Å²) in [7, 11) is 0. The molecule has 1 saturated carbocycles. The lowest BCUT2D eigenvalue weighted by Crippen LogP contribution is -2.29. The van der Waals surface area contributed by atoms with Gasteiger partial charge in [0, 0.05) is 22.6 Å². The normalized spacial score (nSPS) is 13.6. The molecule has 1 aromatic carbocycles. The van der Waals surface area contributed by atoms with Crippen molar-refractivity contribution in [3.05, 3.63) is 56.8 Å². The molecule has 0 atom stereocenters. The van der Waals surface area contributed by atoms with Crippen LogP contribution in [0.3, 0.4) is 0 Å². The van der Waals surface area contributed by atoms with Crippen LogP contribution >= 0.6 is 22.9 Å². The molecule has 26 heavy (non-hydrogen) atoms. The molecule has 1 aliphatic carbocycles. The van der Waals surface area contributed by atoms with E-state index in [1.54, 1.807) is 30.3 Å². The summed E-state index contributed by atoms with van der Waals surface area (Å²) < 4.78 is 1.13. The zero-order valence-corrected chi connectivity index (χ0v) is 15.1. The van der Waals surface area contributed by atoms with E-state index in [1.807, 2.05) is 0 Å². The number of nitrogens with one attached hydrogen (secondary N) is 1. The summed E-state index contributed by atoms with van der Waals surface area (Å²) in [6, 6.07) is 10.1. The predicted molar refractivity (Wildman–Crippen MR) is 99.5 cm³/mol. The molecule has 132 valence electrons. The minimum absolute atomic E-state index is 0.196. The van der Waals surface area contributed by atoms with Gasteiger partial charge < -0.3 is 0 Å². The van der Waals surface area contributed by atoms with Gasteiger partial charge in [0.1, 0.15) is 11.6 Å². The van der Waals surface area contributed by atoms with Crippen molar-refractivity contribution in [1.29, 1.82) is 0 Å². The number of carbonyl (C=O) groups is 1. The van der Waals surface area contributed by atoms with E-state index in [0.717, 1.165) is 28.1 Å². The second-order valence-electron chi connectivity index (χ2n) is 5.99. The number of amides is 1. The minimum atomic E-state index is -0.369. The second kappa shape index (κ2) is 6.97. The van der Waals surface area contributed by atoms with Gasteiger partial charge in [-0.25, -0.2) is 4.68 Å². The fourth-order valence-corrected chi connectivity index (χ4v) is 3.47. The summed E-state index contributed by atoms with van der Waals surface area (Å²) in [6.07, 6.45) is 2.25. The second-order valence-corrected chi connectivity index (χ2v) is 7.43. The highest BCUT2D eigenvalue weighted by atomic mass is 35.5. The number of rotatable bonds is 5. The molecular formula is C17H14ClN5O2S. The number of hydrogen-bond acceptors (Lipinski definition) is 6. The standard InChI is InChI=1S/C17H14ClN5O2S/c18-12-5-3-10(4-6-12)13-7-8-15(25)23(22-13)9-14(24)19-17-21-20-16(26-17)11-1-2-11/h3-8,11H,1-2,9H2,(H,19,21,24). The third-order valence-corrected chi connectivity index (χ3v) is 5.17. The quantitative estimate of drug-likeness (QED) is 0.727. The van der Waals surface area contributed by atoms with Crippen LogP contribution in [0.5, 0.6) is 0 Å². The lowest BCUT2D eigenvalue weighted by atomic mass is 10.1. The van der Waals surface area contributed by atoms with Crippen LogP contribution in [-0.4, -0.2) is 25.9 Å². The number of anilines is 1. The zero-order chi connectivity index (χ0) is 18.1. The number of nitrogens with zero attached hydrogens (tertiary/aromatic N) is 4. The van der Waals surface area contributed by atoms with Gasteiger partial charge in [-0.2, -0.15) is 5.10 Å². The molecule has 2 heterocycles. The molecule has 0 unspecified atom stereocenters. The van der Waals surface area contributed by atoms with Crippen molar-refractivity contribution in [2.24, 2.45) is 0 Å². The molecule has 0 saturated heterocycles. The Morgan fingerprint density at radius 1 is 1.19 bits per heavy atom. The molecule has 0 aliphatic heterocycles. The van der Waals surface area contributed by atoms with Crippen molar-refractivity contribution in [2.45, 2.75) is 25.3 Å². The molecule has 0 radical (unpaired) electrons. The molecule has 0 bridgehead atoms. The van der Waals surface area contributed by atoms with Crippen molar-refractivity contribution in [3.8, 4) is 11.3 Å². The van der Waals surface area contributed by atoms with Crippen LogP contribution in [0, 0.1) is 0 Å². The average Bonchev–Trinajstić information content (AvgIpc) is 3.37. The number of aromatic nitrogens is 4. The summed E-state index contributed by atoms with van der Waals surface area (Å²) >= 11 is 7.26. The van der Waals surface area contributed by atoms with Crippen LogP contribution in [0.2, 0.25) is 5.02 Å². The molecule has 4 rings (SSSR count). The average molecular weight is 388 g/mol. The third-order valence-electron chi connectivity index (χ3n) is 3.91. The monoisotopic (exact) mass is 387 g/mol. The van der Waals surface area contributed by atoms with E-state index in [1.165, 1.54) is 17.4 Å². The summed E-state index contributed by atoms with van der Waals surface area (Å²) in [6.45, 7) is -0.196. The van der Waals surface area contributed by atoms with Gasteiger partial charge in [0.05, 0.1) is 5.69 Å². The van der Waals surface area contributed by atoms with Crippen LogP contribution < -0.4 is 10.9 Å². The van der Waals surface area contributed by atoms with E-state index in [9.17, 15) is 9.59 Å². The zero-order valence-electron chi connectivity index (χ0n) is 13.6. The van der Waals surface area contributed by atoms with Crippen LogP contribution in [0.4, 0.5) is 5.13 Å². The van der Waals surface area contributed by atoms with E-state index >= 15 is 0 Å². The molecule has 9 heteroatoms. The summed E-state index contributed by atoms with van der Waals surface area (Å²) in [5.74, 6) is 0.116. The molecule has 0 spiro atoms. The van der Waals surface area contributed by atoms with Gasteiger partial charge in [-0.15, -0.1) is 10.2 Å². The van der Waals surface area contributed by atoms with E-state index in [2.05, 4.69) is 20.6 Å². The first-order valence-corrected chi connectivity index (χ1v) is 9.25. The molecule has 1 aliphatic rings. The molecule has 7 nitrogen and oxygen atoms in total.